The fourth-order valence-corrected chi connectivity index (χ4v) is 4.90. The van der Waals surface area contributed by atoms with Crippen molar-refractivity contribution in [2.45, 2.75) is 54.6 Å². The molecule has 1 aromatic carbocycles. The van der Waals surface area contributed by atoms with Gasteiger partial charge < -0.3 is 5.32 Å². The van der Waals surface area contributed by atoms with Crippen LogP contribution in [-0.4, -0.2) is 35.4 Å². The van der Waals surface area contributed by atoms with Crippen LogP contribution in [0.4, 0.5) is 14.5 Å². The predicted molar refractivity (Wildman–Crippen MR) is 88.0 cm³/mol. The van der Waals surface area contributed by atoms with Crippen LogP contribution in [0.5, 0.6) is 0 Å². The Labute approximate surface area is 138 Å². The fourth-order valence-electron chi connectivity index (χ4n) is 2.83. The Morgan fingerprint density at radius 3 is 2.48 bits per heavy atom. The summed E-state index contributed by atoms with van der Waals surface area (Å²) in [5.41, 5.74) is 0.686. The summed E-state index contributed by atoms with van der Waals surface area (Å²) < 4.78 is 59.7. The van der Waals surface area contributed by atoms with Crippen molar-refractivity contribution >= 4 is 26.3 Å². The predicted octanol–water partition coefficient (Wildman–Crippen LogP) is 3.17. The summed E-state index contributed by atoms with van der Waals surface area (Å²) in [6.45, 7) is 1.91. The Balaban J connectivity index is 2.02. The maximum atomic E-state index is 12.5. The van der Waals surface area contributed by atoms with Crippen LogP contribution < -0.4 is 5.32 Å². The molecule has 4 nitrogen and oxygen atoms in total. The van der Waals surface area contributed by atoms with E-state index in [0.717, 1.165) is 25.7 Å². The van der Waals surface area contributed by atoms with Gasteiger partial charge >= 0.3 is 5.76 Å². The summed E-state index contributed by atoms with van der Waals surface area (Å²) in [7, 11) is -5.37. The molecule has 1 fully saturated rings. The molecule has 130 valence electrons. The average molecular weight is 365 g/mol. The fraction of sp³-hybridized carbons (Fsp3) is 0.600. The first-order chi connectivity index (χ1) is 10.8. The first kappa shape index (κ1) is 18.3. The molecule has 3 unspecified atom stereocenters. The molecular formula is C15H21F2NO3S2. The van der Waals surface area contributed by atoms with Crippen molar-refractivity contribution in [3.63, 3.8) is 0 Å². The number of hydrogen-bond donors (Lipinski definition) is 1. The molecule has 2 rings (SSSR count). The number of nitrogens with one attached hydrogen (secondary N) is 1. The number of rotatable bonds is 6. The highest BCUT2D eigenvalue weighted by Crippen LogP contribution is 2.26. The quantitative estimate of drug-likeness (QED) is 0.841. The highest BCUT2D eigenvalue weighted by atomic mass is 32.2. The first-order valence-corrected chi connectivity index (χ1v) is 10.5. The molecule has 0 aliphatic heterocycles. The molecule has 1 aliphatic carbocycles. The van der Waals surface area contributed by atoms with Crippen molar-refractivity contribution in [3.8, 4) is 0 Å². The average Bonchev–Trinajstić information content (AvgIpc) is 2.54. The van der Waals surface area contributed by atoms with Crippen LogP contribution in [0.3, 0.4) is 0 Å². The number of halogens is 2. The monoisotopic (exact) mass is 365 g/mol. The summed E-state index contributed by atoms with van der Waals surface area (Å²) in [4.78, 5) is -0.383. The number of alkyl halides is 2. The minimum absolute atomic E-state index is 0.168. The van der Waals surface area contributed by atoms with Gasteiger partial charge in [0.1, 0.15) is 0 Å². The van der Waals surface area contributed by atoms with E-state index in [2.05, 4.69) is 5.32 Å². The number of sulfone groups is 1. The van der Waals surface area contributed by atoms with Gasteiger partial charge in [-0.1, -0.05) is 13.3 Å². The molecule has 23 heavy (non-hydrogen) atoms. The van der Waals surface area contributed by atoms with Gasteiger partial charge in [0, 0.05) is 33.5 Å². The van der Waals surface area contributed by atoms with Gasteiger partial charge in [0.25, 0.3) is 0 Å². The van der Waals surface area contributed by atoms with E-state index < -0.39 is 26.4 Å². The van der Waals surface area contributed by atoms with Crippen LogP contribution in [0.2, 0.25) is 0 Å². The van der Waals surface area contributed by atoms with Crippen molar-refractivity contribution < 1.29 is 21.4 Å². The lowest BCUT2D eigenvalue weighted by Crippen LogP contribution is -2.32. The van der Waals surface area contributed by atoms with E-state index in [0.29, 0.717) is 11.4 Å². The molecule has 0 saturated heterocycles. The SMILES string of the molecule is CCS(=O)C1CCCC(Nc2ccc(S(=O)(=O)C(F)F)cc2)C1. The Hall–Kier alpha value is -1.02. The lowest BCUT2D eigenvalue weighted by Gasteiger charge is -2.29. The van der Waals surface area contributed by atoms with Crippen molar-refractivity contribution in [1.29, 1.82) is 0 Å². The molecule has 0 spiro atoms. The molecule has 3 atom stereocenters. The van der Waals surface area contributed by atoms with Crippen LogP contribution in [-0.2, 0) is 20.6 Å². The molecule has 1 N–H and O–H groups in total. The highest BCUT2D eigenvalue weighted by Gasteiger charge is 2.27. The van der Waals surface area contributed by atoms with Crippen LogP contribution >= 0.6 is 0 Å². The maximum Gasteiger partial charge on any atom is 0.341 e. The van der Waals surface area contributed by atoms with Crippen LogP contribution in [0.25, 0.3) is 0 Å². The second-order valence-electron chi connectivity index (χ2n) is 5.63. The van der Waals surface area contributed by atoms with Crippen molar-refractivity contribution in [2.24, 2.45) is 0 Å². The van der Waals surface area contributed by atoms with Gasteiger partial charge in [0.05, 0.1) is 4.90 Å². The van der Waals surface area contributed by atoms with E-state index in [4.69, 9.17) is 0 Å². The van der Waals surface area contributed by atoms with E-state index in [-0.39, 0.29) is 16.2 Å². The molecule has 1 aromatic rings. The second kappa shape index (κ2) is 7.70. The molecule has 0 bridgehead atoms. The highest BCUT2D eigenvalue weighted by molar-refractivity contribution is 7.91. The smallest absolute Gasteiger partial charge is 0.341 e. The molecular weight excluding hydrogens is 344 g/mol. The molecule has 8 heteroatoms. The molecule has 0 radical (unpaired) electrons. The van der Waals surface area contributed by atoms with Gasteiger partial charge in [-0.25, -0.2) is 8.42 Å². The topological polar surface area (TPSA) is 63.2 Å². The Kier molecular flexibility index (Phi) is 6.13. The van der Waals surface area contributed by atoms with Gasteiger partial charge in [-0.3, -0.25) is 4.21 Å². The zero-order chi connectivity index (χ0) is 17.0. The van der Waals surface area contributed by atoms with Crippen LogP contribution in [0, 0.1) is 0 Å². The van der Waals surface area contributed by atoms with Crippen molar-refractivity contribution in [1.82, 2.24) is 0 Å². The summed E-state index contributed by atoms with van der Waals surface area (Å²) in [5.74, 6) is -2.76. The number of hydrogen-bond acceptors (Lipinski definition) is 4. The van der Waals surface area contributed by atoms with Crippen LogP contribution in [0.15, 0.2) is 29.2 Å². The Morgan fingerprint density at radius 2 is 1.91 bits per heavy atom. The minimum Gasteiger partial charge on any atom is -0.382 e. The van der Waals surface area contributed by atoms with E-state index in [1.54, 1.807) is 0 Å². The number of benzene rings is 1. The summed E-state index contributed by atoms with van der Waals surface area (Å²) in [6.07, 6.45) is 3.71. The van der Waals surface area contributed by atoms with Gasteiger partial charge in [0.15, 0.2) is 0 Å². The third kappa shape index (κ3) is 4.50. The van der Waals surface area contributed by atoms with Crippen LogP contribution in [0.1, 0.15) is 32.6 Å². The van der Waals surface area contributed by atoms with Crippen molar-refractivity contribution in [3.05, 3.63) is 24.3 Å². The zero-order valence-corrected chi connectivity index (χ0v) is 14.5. The van der Waals surface area contributed by atoms with Gasteiger partial charge in [-0.15, -0.1) is 0 Å². The molecule has 1 aliphatic rings. The standard InChI is InChI=1S/C15H21F2NO3S2/c1-2-22(19)13-5-3-4-12(10-13)18-11-6-8-14(9-7-11)23(20,21)15(16)17/h6-9,12-13,15,18H,2-5,10H2,1H3. The summed E-state index contributed by atoms with van der Waals surface area (Å²) in [5, 5.41) is 3.47. The molecule has 0 heterocycles. The van der Waals surface area contributed by atoms with E-state index >= 15 is 0 Å². The third-order valence-electron chi connectivity index (χ3n) is 4.07. The maximum absolute atomic E-state index is 12.5. The second-order valence-corrected chi connectivity index (χ2v) is 9.55. The Morgan fingerprint density at radius 1 is 1.26 bits per heavy atom. The Bertz CT molecular complexity index is 647. The van der Waals surface area contributed by atoms with Gasteiger partial charge in [-0.05, 0) is 43.5 Å². The molecule has 0 amide bonds. The molecule has 1 saturated carbocycles. The lowest BCUT2D eigenvalue weighted by molar-refractivity contribution is 0.234. The lowest BCUT2D eigenvalue weighted by atomic mass is 9.95. The van der Waals surface area contributed by atoms with E-state index in [9.17, 15) is 21.4 Å². The number of anilines is 1. The largest absolute Gasteiger partial charge is 0.382 e. The molecule has 0 aromatic heterocycles. The van der Waals surface area contributed by atoms with E-state index in [1.165, 1.54) is 24.3 Å². The van der Waals surface area contributed by atoms with E-state index in [1.807, 2.05) is 6.92 Å². The van der Waals surface area contributed by atoms with Crippen molar-refractivity contribution in [2.75, 3.05) is 11.1 Å². The summed E-state index contributed by atoms with van der Waals surface area (Å²) in [6, 6.07) is 5.54. The minimum atomic E-state index is -4.55. The summed E-state index contributed by atoms with van der Waals surface area (Å²) >= 11 is 0. The third-order valence-corrected chi connectivity index (χ3v) is 7.21. The normalized spacial score (nSPS) is 23.7. The zero-order valence-electron chi connectivity index (χ0n) is 12.9. The first-order valence-electron chi connectivity index (χ1n) is 7.60. The van der Waals surface area contributed by atoms with Gasteiger partial charge in [-0.2, -0.15) is 8.78 Å². The van der Waals surface area contributed by atoms with Gasteiger partial charge in [0.2, 0.25) is 9.84 Å².